The van der Waals surface area contributed by atoms with Crippen LogP contribution in [-0.2, 0) is 46.3 Å². The predicted octanol–water partition coefficient (Wildman–Crippen LogP) is 7.82. The van der Waals surface area contributed by atoms with E-state index < -0.39 is 89.8 Å². The Labute approximate surface area is 395 Å². The van der Waals surface area contributed by atoms with Gasteiger partial charge in [-0.15, -0.1) is 0 Å². The number of esters is 2. The Balaban J connectivity index is 1.88. The molecule has 1 saturated heterocycles. The first-order chi connectivity index (χ1) is 31.9. The van der Waals surface area contributed by atoms with Crippen molar-refractivity contribution in [2.24, 2.45) is 5.92 Å². The number of ether oxygens (including phenoxy) is 3. The average molecular weight is 990 g/mol. The van der Waals surface area contributed by atoms with Gasteiger partial charge in [0, 0.05) is 19.0 Å². The van der Waals surface area contributed by atoms with Crippen LogP contribution in [0.2, 0.25) is 0 Å². The van der Waals surface area contributed by atoms with E-state index >= 15 is 0 Å². The summed E-state index contributed by atoms with van der Waals surface area (Å²) in [5, 5.41) is 31.1. The second kappa shape index (κ2) is 34.1. The lowest BCUT2D eigenvalue weighted by Crippen LogP contribution is -2.36. The molecule has 3 unspecified atom stereocenters. The molecule has 1 aliphatic heterocycles. The maximum atomic E-state index is 12.8. The van der Waals surface area contributed by atoms with Gasteiger partial charge in [-0.1, -0.05) is 134 Å². The molecule has 2 heterocycles. The molecule has 7 N–H and O–H groups in total. The van der Waals surface area contributed by atoms with Crippen molar-refractivity contribution >= 4 is 33.4 Å². The minimum atomic E-state index is -5.45. The molecule has 1 aliphatic rings. The SMILES string of the molecule is CCCCC/C=C\C/C=C\CC(O)/C=C\C=C\CCCC(=O)O[C@H](COC(=O)CCCCCCCCCCC(C)C)COP(=O)(O)OP(=O)(O)OC[C@H]1O[C@@H](n2ccc(N)nc2=O)[C@H](O)[C@@H]1O. The highest BCUT2D eigenvalue weighted by Gasteiger charge is 2.46. The normalized spacial score (nSPS) is 20.6. The summed E-state index contributed by atoms with van der Waals surface area (Å²) in [5.74, 6) is -0.730. The minimum Gasteiger partial charge on any atom is -0.462 e. The van der Waals surface area contributed by atoms with Crippen molar-refractivity contribution in [3.05, 3.63) is 71.4 Å². The number of nitrogen functional groups attached to an aromatic ring is 1. The number of nitrogens with two attached hydrogens (primary N) is 1. The largest absolute Gasteiger partial charge is 0.481 e. The van der Waals surface area contributed by atoms with E-state index in [-0.39, 0.29) is 18.7 Å². The lowest BCUT2D eigenvalue weighted by molar-refractivity contribution is -0.161. The zero-order valence-corrected chi connectivity index (χ0v) is 41.3. The number of hydrogen-bond acceptors (Lipinski definition) is 16. The van der Waals surface area contributed by atoms with Gasteiger partial charge in [0.2, 0.25) is 0 Å². The third kappa shape index (κ3) is 28.1. The van der Waals surface area contributed by atoms with Gasteiger partial charge in [-0.05, 0) is 56.9 Å². The molecule has 0 amide bonds. The Morgan fingerprint density at radius 2 is 1.49 bits per heavy atom. The molecule has 0 spiro atoms. The molecule has 21 heteroatoms. The number of anilines is 1. The van der Waals surface area contributed by atoms with Gasteiger partial charge in [0.15, 0.2) is 12.3 Å². The van der Waals surface area contributed by atoms with E-state index in [0.29, 0.717) is 31.6 Å². The van der Waals surface area contributed by atoms with Crippen LogP contribution in [0.3, 0.4) is 0 Å². The molecule has 8 atom stereocenters. The maximum absolute atomic E-state index is 12.8. The second-order valence-corrected chi connectivity index (χ2v) is 20.0. The summed E-state index contributed by atoms with van der Waals surface area (Å²) in [5.41, 5.74) is 4.56. The summed E-state index contributed by atoms with van der Waals surface area (Å²) < 4.78 is 56.5. The van der Waals surface area contributed by atoms with Gasteiger partial charge in [0.1, 0.15) is 30.7 Å². The molecule has 1 fully saturated rings. The molecule has 1 aromatic rings. The number of nitrogens with zero attached hydrogens (tertiary/aromatic N) is 2. The lowest BCUT2D eigenvalue weighted by atomic mass is 10.0. The third-order valence-electron chi connectivity index (χ3n) is 10.4. The summed E-state index contributed by atoms with van der Waals surface area (Å²) >= 11 is 0. The van der Waals surface area contributed by atoms with E-state index in [1.165, 1.54) is 51.0 Å². The Hall–Kier alpha value is -3.32. The summed E-state index contributed by atoms with van der Waals surface area (Å²) in [6.45, 7) is 4.20. The molecular weight excluding hydrogens is 912 g/mol. The fourth-order valence-electron chi connectivity index (χ4n) is 6.69. The smallest absolute Gasteiger partial charge is 0.462 e. The Bertz CT molecular complexity index is 1840. The highest BCUT2D eigenvalue weighted by atomic mass is 31.3. The van der Waals surface area contributed by atoms with Crippen LogP contribution in [0.4, 0.5) is 5.82 Å². The second-order valence-electron chi connectivity index (χ2n) is 16.9. The molecule has 0 bridgehead atoms. The number of aliphatic hydroxyl groups is 3. The van der Waals surface area contributed by atoms with Crippen LogP contribution in [0.25, 0.3) is 0 Å². The molecule has 0 aliphatic carbocycles. The summed E-state index contributed by atoms with van der Waals surface area (Å²) in [4.78, 5) is 61.7. The van der Waals surface area contributed by atoms with E-state index in [0.717, 1.165) is 49.3 Å². The molecule has 0 radical (unpaired) electrons. The van der Waals surface area contributed by atoms with Crippen LogP contribution >= 0.6 is 15.6 Å². The van der Waals surface area contributed by atoms with E-state index in [1.54, 1.807) is 24.3 Å². The van der Waals surface area contributed by atoms with Crippen LogP contribution in [0.5, 0.6) is 0 Å². The van der Waals surface area contributed by atoms with Crippen LogP contribution in [0.1, 0.15) is 149 Å². The fourth-order valence-corrected chi connectivity index (χ4v) is 8.80. The van der Waals surface area contributed by atoms with Gasteiger partial charge in [0.25, 0.3) is 0 Å². The van der Waals surface area contributed by atoms with E-state index in [2.05, 4.69) is 42.2 Å². The van der Waals surface area contributed by atoms with Gasteiger partial charge in [0.05, 0.1) is 19.3 Å². The topological polar surface area (TPSA) is 286 Å². The van der Waals surface area contributed by atoms with Crippen molar-refractivity contribution < 1.29 is 71.4 Å². The van der Waals surface area contributed by atoms with Crippen molar-refractivity contribution in [1.82, 2.24) is 9.55 Å². The highest BCUT2D eigenvalue weighted by Crippen LogP contribution is 2.60. The van der Waals surface area contributed by atoms with Crippen molar-refractivity contribution in [2.75, 3.05) is 25.6 Å². The molecular formula is C46H77N3O16P2. The minimum absolute atomic E-state index is 0.0855. The fraction of sp³-hybridized carbons (Fsp3) is 0.696. The number of phosphoric ester groups is 2. The lowest BCUT2D eigenvalue weighted by Gasteiger charge is -2.21. The molecule has 19 nitrogen and oxygen atoms in total. The maximum Gasteiger partial charge on any atom is 0.481 e. The molecule has 0 aromatic carbocycles. The van der Waals surface area contributed by atoms with E-state index in [9.17, 15) is 48.6 Å². The van der Waals surface area contributed by atoms with Gasteiger partial charge in [-0.25, -0.2) is 13.9 Å². The average Bonchev–Trinajstić information content (AvgIpc) is 3.54. The van der Waals surface area contributed by atoms with Crippen LogP contribution in [0.15, 0.2) is 65.7 Å². The summed E-state index contributed by atoms with van der Waals surface area (Å²) in [7, 11) is -10.9. The molecule has 382 valence electrons. The molecule has 67 heavy (non-hydrogen) atoms. The first kappa shape index (κ1) is 59.8. The Morgan fingerprint density at radius 3 is 2.19 bits per heavy atom. The Morgan fingerprint density at radius 1 is 0.836 bits per heavy atom. The molecule has 2 rings (SSSR count). The van der Waals surface area contributed by atoms with Crippen molar-refractivity contribution in [2.45, 2.75) is 180 Å². The van der Waals surface area contributed by atoms with Crippen LogP contribution in [0, 0.1) is 5.92 Å². The van der Waals surface area contributed by atoms with Gasteiger partial charge >= 0.3 is 33.3 Å². The summed E-state index contributed by atoms with van der Waals surface area (Å²) in [6, 6.07) is 1.24. The van der Waals surface area contributed by atoms with Gasteiger partial charge < -0.3 is 45.1 Å². The third-order valence-corrected chi connectivity index (χ3v) is 13.0. The van der Waals surface area contributed by atoms with Crippen molar-refractivity contribution in [1.29, 1.82) is 0 Å². The number of unbranched alkanes of at least 4 members (excludes halogenated alkanes) is 11. The van der Waals surface area contributed by atoms with Crippen molar-refractivity contribution in [3.63, 3.8) is 0 Å². The predicted molar refractivity (Wildman–Crippen MR) is 253 cm³/mol. The number of rotatable bonds is 37. The summed E-state index contributed by atoms with van der Waals surface area (Å²) in [6.07, 6.45) is 24.0. The zero-order chi connectivity index (χ0) is 49.5. The first-order valence-corrected chi connectivity index (χ1v) is 26.6. The van der Waals surface area contributed by atoms with Crippen molar-refractivity contribution in [3.8, 4) is 0 Å². The monoisotopic (exact) mass is 989 g/mol. The number of aliphatic hydroxyl groups excluding tert-OH is 3. The van der Waals surface area contributed by atoms with Crippen LogP contribution < -0.4 is 11.4 Å². The Kier molecular flexibility index (Phi) is 30.4. The molecule has 1 aromatic heterocycles. The van der Waals surface area contributed by atoms with Gasteiger partial charge in [-0.2, -0.15) is 9.29 Å². The number of allylic oxidation sites excluding steroid dienone is 6. The zero-order valence-electron chi connectivity index (χ0n) is 39.5. The number of carbonyl (C=O) groups is 2. The van der Waals surface area contributed by atoms with Crippen LogP contribution in [-0.4, -0.2) is 96.9 Å². The highest BCUT2D eigenvalue weighted by molar-refractivity contribution is 7.61. The van der Waals surface area contributed by atoms with Gasteiger partial charge in [-0.3, -0.25) is 23.2 Å². The van der Waals surface area contributed by atoms with E-state index in [4.69, 9.17) is 29.0 Å². The number of aromatic nitrogens is 2. The number of phosphoric acid groups is 2. The number of carbonyl (C=O) groups excluding carboxylic acids is 2. The standard InChI is InChI=1S/C46H77N3O16P2/c1-4-5-6-7-8-9-13-17-22-27-37(50)28-23-18-15-20-25-30-42(52)63-38(33-60-41(51)29-24-19-14-11-10-12-16-21-26-36(2)3)34-61-66(56,57)65-67(58,59)62-35-39-43(53)44(54)45(64-39)49-32-31-40(47)48-46(49)55/h8-9,15,17-18,22-23,28,31-32,36-39,43-45,50,53-54H,4-7,10-14,16,19-21,24-27,29-30,33-35H2,1-3H3,(H,56,57)(H,58,59)(H2,47,48,55)/b9-8-,18-15+,22-17-,28-23-/t37?,38-,39-,43-,44-,45-/m1/s1. The quantitative estimate of drug-likeness (QED) is 0.0122. The van der Waals surface area contributed by atoms with E-state index in [1.807, 2.05) is 12.2 Å². The number of hydrogen-bond donors (Lipinski definition) is 6. The molecule has 0 saturated carbocycles. The first-order valence-electron chi connectivity index (χ1n) is 23.6.